The predicted octanol–water partition coefficient (Wildman–Crippen LogP) is 5.48. The molecule has 4 aromatic carbocycles. The summed E-state index contributed by atoms with van der Waals surface area (Å²) in [5, 5.41) is 21.2. The highest BCUT2D eigenvalue weighted by atomic mass is 16.6. The Morgan fingerprint density at radius 2 is 1.24 bits per heavy atom. The van der Waals surface area contributed by atoms with Gasteiger partial charge in [0, 0.05) is 0 Å². The van der Waals surface area contributed by atoms with Crippen LogP contribution in [0.15, 0.2) is 109 Å². The van der Waals surface area contributed by atoms with Crippen LogP contribution in [0.5, 0.6) is 11.5 Å². The van der Waals surface area contributed by atoms with Crippen molar-refractivity contribution in [2.24, 2.45) is 5.92 Å². The van der Waals surface area contributed by atoms with Gasteiger partial charge in [0.25, 0.3) is 0 Å². The van der Waals surface area contributed by atoms with E-state index in [4.69, 9.17) is 23.7 Å². The minimum absolute atomic E-state index is 0.0802. The molecule has 7 heteroatoms. The van der Waals surface area contributed by atoms with Gasteiger partial charge in [-0.1, -0.05) is 84.9 Å². The van der Waals surface area contributed by atoms with Crippen LogP contribution in [0.25, 0.3) is 0 Å². The van der Waals surface area contributed by atoms with Crippen molar-refractivity contribution in [2.75, 3.05) is 27.4 Å². The molecule has 5 atom stereocenters. The van der Waals surface area contributed by atoms with Gasteiger partial charge in [-0.2, -0.15) is 0 Å². The lowest BCUT2D eigenvalue weighted by Crippen LogP contribution is -2.40. The molecular weight excluding hydrogens is 532 g/mol. The van der Waals surface area contributed by atoms with Gasteiger partial charge in [-0.05, 0) is 53.4 Å². The third-order valence-corrected chi connectivity index (χ3v) is 7.94. The lowest BCUT2D eigenvalue weighted by Gasteiger charge is -2.38. The Hall–Kier alpha value is -3.72. The molecule has 1 aliphatic heterocycles. The minimum atomic E-state index is -1.18. The average molecular weight is 571 g/mol. The van der Waals surface area contributed by atoms with E-state index in [0.717, 1.165) is 33.8 Å². The van der Waals surface area contributed by atoms with E-state index in [0.29, 0.717) is 0 Å². The number of benzene rings is 4. The molecule has 0 aliphatic carbocycles. The zero-order chi connectivity index (χ0) is 29.5. The second kappa shape index (κ2) is 13.5. The van der Waals surface area contributed by atoms with Crippen LogP contribution in [-0.2, 0) is 19.8 Å². The van der Waals surface area contributed by atoms with Crippen LogP contribution in [0.1, 0.15) is 35.3 Å². The van der Waals surface area contributed by atoms with Gasteiger partial charge < -0.3 is 33.9 Å². The number of ether oxygens (including phenoxy) is 5. The minimum Gasteiger partial charge on any atom is -0.497 e. The highest BCUT2D eigenvalue weighted by Crippen LogP contribution is 2.43. The highest BCUT2D eigenvalue weighted by molar-refractivity contribution is 5.49. The first-order chi connectivity index (χ1) is 20.5. The Bertz CT molecular complexity index is 1330. The largest absolute Gasteiger partial charge is 0.497 e. The fourth-order valence-electron chi connectivity index (χ4n) is 5.64. The summed E-state index contributed by atoms with van der Waals surface area (Å²) in [5.41, 5.74) is 2.59. The second-order valence-corrected chi connectivity index (χ2v) is 10.4. The van der Waals surface area contributed by atoms with E-state index in [9.17, 15) is 10.2 Å². The molecule has 0 aromatic heterocycles. The van der Waals surface area contributed by atoms with E-state index in [1.165, 1.54) is 0 Å². The number of hydrogen-bond acceptors (Lipinski definition) is 7. The lowest BCUT2D eigenvalue weighted by atomic mass is 9.79. The van der Waals surface area contributed by atoms with Crippen LogP contribution >= 0.6 is 0 Å². The predicted molar refractivity (Wildman–Crippen MR) is 159 cm³/mol. The Labute approximate surface area is 247 Å². The first-order valence-corrected chi connectivity index (χ1v) is 14.1. The average Bonchev–Trinajstić information content (AvgIpc) is 3.36. The Morgan fingerprint density at radius 3 is 1.74 bits per heavy atom. The van der Waals surface area contributed by atoms with Crippen LogP contribution in [-0.4, -0.2) is 56.1 Å². The quantitative estimate of drug-likeness (QED) is 0.218. The molecule has 1 fully saturated rings. The molecule has 0 bridgehead atoms. The molecule has 220 valence electrons. The van der Waals surface area contributed by atoms with Gasteiger partial charge in [0.2, 0.25) is 0 Å². The van der Waals surface area contributed by atoms with Crippen molar-refractivity contribution in [3.05, 3.63) is 131 Å². The molecule has 2 N–H and O–H groups in total. The van der Waals surface area contributed by atoms with Crippen LogP contribution in [0, 0.1) is 5.92 Å². The summed E-state index contributed by atoms with van der Waals surface area (Å²) in [5.74, 6) is 0.876. The van der Waals surface area contributed by atoms with Gasteiger partial charge in [0.05, 0.1) is 45.6 Å². The van der Waals surface area contributed by atoms with Crippen molar-refractivity contribution in [3.8, 4) is 11.5 Å². The van der Waals surface area contributed by atoms with Crippen molar-refractivity contribution in [3.63, 3.8) is 0 Å². The summed E-state index contributed by atoms with van der Waals surface area (Å²) >= 11 is 0. The van der Waals surface area contributed by atoms with Crippen molar-refractivity contribution < 1.29 is 33.9 Å². The molecule has 0 radical (unpaired) electrons. The summed E-state index contributed by atoms with van der Waals surface area (Å²) in [6, 6.07) is 35.4. The summed E-state index contributed by atoms with van der Waals surface area (Å²) < 4.78 is 30.2. The summed E-state index contributed by atoms with van der Waals surface area (Å²) in [6.07, 6.45) is -2.78. The topological polar surface area (TPSA) is 86.6 Å². The molecule has 1 saturated heterocycles. The second-order valence-electron chi connectivity index (χ2n) is 10.4. The number of rotatable bonds is 12. The molecule has 2 unspecified atom stereocenters. The molecule has 1 aliphatic rings. The van der Waals surface area contributed by atoms with Gasteiger partial charge >= 0.3 is 0 Å². The van der Waals surface area contributed by atoms with Gasteiger partial charge in [-0.15, -0.1) is 0 Å². The number of hydrogen-bond donors (Lipinski definition) is 2. The Kier molecular flexibility index (Phi) is 9.57. The van der Waals surface area contributed by atoms with Gasteiger partial charge in [-0.3, -0.25) is 0 Å². The standard InChI is InChI=1S/C35H38O7/c1-24(25-10-6-4-7-11-25)41-33-31(34(37)42-32(33)22-36)23-40-35(26-12-8-5-9-13-26,27-14-18-29(38-2)19-15-27)28-16-20-30(39-3)21-17-28/h4-21,24,31-34,36-37H,22-23H2,1-3H3/t24?,31-,32-,33+,34?/m1/s1. The third-order valence-electron chi connectivity index (χ3n) is 7.94. The van der Waals surface area contributed by atoms with Crippen LogP contribution in [0.2, 0.25) is 0 Å². The zero-order valence-corrected chi connectivity index (χ0v) is 24.1. The van der Waals surface area contributed by atoms with Gasteiger partial charge in [-0.25, -0.2) is 0 Å². The van der Waals surface area contributed by atoms with E-state index in [1.54, 1.807) is 14.2 Å². The first kappa shape index (κ1) is 29.8. The SMILES string of the molecule is COc1ccc(C(OC[C@H]2C(O)O[C@H](CO)[C@H]2OC(C)c2ccccc2)(c2ccccc2)c2ccc(OC)cc2)cc1. The van der Waals surface area contributed by atoms with Crippen molar-refractivity contribution in [1.29, 1.82) is 0 Å². The highest BCUT2D eigenvalue weighted by Gasteiger charge is 2.47. The van der Waals surface area contributed by atoms with Crippen LogP contribution in [0.3, 0.4) is 0 Å². The fourth-order valence-corrected chi connectivity index (χ4v) is 5.64. The van der Waals surface area contributed by atoms with E-state index in [-0.39, 0.29) is 19.3 Å². The first-order valence-electron chi connectivity index (χ1n) is 14.1. The molecule has 7 nitrogen and oxygen atoms in total. The van der Waals surface area contributed by atoms with Crippen molar-refractivity contribution >= 4 is 0 Å². The van der Waals surface area contributed by atoms with Gasteiger partial charge in [0.15, 0.2) is 6.29 Å². The number of methoxy groups -OCH3 is 2. The fraction of sp³-hybridized carbons (Fsp3) is 0.314. The van der Waals surface area contributed by atoms with Crippen LogP contribution < -0.4 is 9.47 Å². The number of aliphatic hydroxyl groups excluding tert-OH is 2. The molecule has 0 saturated carbocycles. The molecular formula is C35H38O7. The maximum Gasteiger partial charge on any atom is 0.162 e. The smallest absolute Gasteiger partial charge is 0.162 e. The molecule has 0 amide bonds. The van der Waals surface area contributed by atoms with Crippen molar-refractivity contribution in [2.45, 2.75) is 37.1 Å². The monoisotopic (exact) mass is 570 g/mol. The Balaban J connectivity index is 1.55. The van der Waals surface area contributed by atoms with E-state index >= 15 is 0 Å². The maximum absolute atomic E-state index is 11.1. The van der Waals surface area contributed by atoms with Crippen LogP contribution in [0.4, 0.5) is 0 Å². The molecule has 4 aromatic rings. The van der Waals surface area contributed by atoms with Crippen molar-refractivity contribution in [1.82, 2.24) is 0 Å². The third kappa shape index (κ3) is 6.07. The molecule has 1 heterocycles. The normalized spacial score (nSPS) is 21.2. The van der Waals surface area contributed by atoms with E-state index in [1.807, 2.05) is 116 Å². The maximum atomic E-state index is 11.1. The molecule has 42 heavy (non-hydrogen) atoms. The van der Waals surface area contributed by atoms with Gasteiger partial charge in [0.1, 0.15) is 23.2 Å². The molecule has 0 spiro atoms. The summed E-state index contributed by atoms with van der Waals surface area (Å²) in [7, 11) is 3.27. The zero-order valence-electron chi connectivity index (χ0n) is 24.1. The molecule has 5 rings (SSSR count). The summed E-state index contributed by atoms with van der Waals surface area (Å²) in [4.78, 5) is 0. The number of aliphatic hydroxyl groups is 2. The van der Waals surface area contributed by atoms with E-state index in [2.05, 4.69) is 0 Å². The summed E-state index contributed by atoms with van der Waals surface area (Å²) in [6.45, 7) is 1.74. The van der Waals surface area contributed by atoms with E-state index < -0.39 is 30.0 Å². The lowest BCUT2D eigenvalue weighted by molar-refractivity contribution is -0.131. The Morgan fingerprint density at radius 1 is 0.738 bits per heavy atom.